The smallest absolute Gasteiger partial charge is 0.423 e. The minimum Gasteiger partial charge on any atom is -0.497 e. The Morgan fingerprint density at radius 2 is 1.85 bits per heavy atom. The maximum absolute atomic E-state index is 13.0. The first kappa shape index (κ1) is 19.0. The average molecular weight is 389 g/mol. The van der Waals surface area contributed by atoms with Crippen molar-refractivity contribution in [3.05, 3.63) is 63.5 Å². The van der Waals surface area contributed by atoms with Crippen LogP contribution in [0.25, 0.3) is 11.0 Å². The number of halogens is 1. The highest BCUT2D eigenvalue weighted by Gasteiger charge is 2.24. The zero-order valence-corrected chi connectivity index (χ0v) is 16.4. The molecule has 1 aromatic heterocycles. The summed E-state index contributed by atoms with van der Waals surface area (Å²) < 4.78 is 13.2. The fraction of sp³-hybridized carbons (Fsp3) is 0.300. The van der Waals surface area contributed by atoms with Gasteiger partial charge >= 0.3 is 11.8 Å². The number of benzene rings is 2. The number of fused-ring (bicyclic) bond motifs is 1. The first-order valence-corrected chi connectivity index (χ1v) is 8.84. The number of hydrogen-bond acceptors (Lipinski definition) is 4. The molecule has 6 nitrogen and oxygen atoms in total. The molecule has 0 saturated carbocycles. The lowest BCUT2D eigenvalue weighted by Crippen LogP contribution is -2.34. The van der Waals surface area contributed by atoms with E-state index in [1.165, 1.54) is 4.57 Å². The third-order valence-electron chi connectivity index (χ3n) is 3.94. The van der Waals surface area contributed by atoms with Gasteiger partial charge in [-0.2, -0.15) is 4.57 Å². The second-order valence-corrected chi connectivity index (χ2v) is 7.61. The average Bonchev–Trinajstić information content (AvgIpc) is 2.85. The van der Waals surface area contributed by atoms with E-state index >= 15 is 0 Å². The van der Waals surface area contributed by atoms with Crippen molar-refractivity contribution in [2.24, 2.45) is 0 Å². The maximum Gasteiger partial charge on any atom is 0.423 e. The summed E-state index contributed by atoms with van der Waals surface area (Å²) in [4.78, 5) is 25.7. The van der Waals surface area contributed by atoms with Crippen molar-refractivity contribution in [2.45, 2.75) is 32.9 Å². The van der Waals surface area contributed by atoms with Crippen molar-refractivity contribution >= 4 is 28.7 Å². The number of hydrogen-bond donors (Lipinski definition) is 0. The van der Waals surface area contributed by atoms with Crippen molar-refractivity contribution in [3.8, 4) is 5.75 Å². The summed E-state index contributed by atoms with van der Waals surface area (Å²) in [6.45, 7) is 5.53. The number of nitrogens with zero attached hydrogens (tertiary/aromatic N) is 2. The molecule has 27 heavy (non-hydrogen) atoms. The molecule has 7 heteroatoms. The third-order valence-corrected chi connectivity index (χ3v) is 4.18. The van der Waals surface area contributed by atoms with Crippen molar-refractivity contribution in [3.63, 3.8) is 0 Å². The van der Waals surface area contributed by atoms with Crippen LogP contribution in [-0.4, -0.2) is 27.9 Å². The van der Waals surface area contributed by atoms with Gasteiger partial charge in [0, 0.05) is 5.02 Å². The van der Waals surface area contributed by atoms with Crippen molar-refractivity contribution < 1.29 is 14.3 Å². The zero-order valence-electron chi connectivity index (χ0n) is 15.7. The van der Waals surface area contributed by atoms with E-state index in [1.807, 2.05) is 24.3 Å². The van der Waals surface area contributed by atoms with Crippen LogP contribution in [0.4, 0.5) is 4.79 Å². The minimum atomic E-state index is -0.732. The molecular formula is C20H21ClN2O4. The van der Waals surface area contributed by atoms with Gasteiger partial charge in [-0.25, -0.2) is 9.59 Å². The summed E-state index contributed by atoms with van der Waals surface area (Å²) in [6.07, 6.45) is -0.732. The Hall–Kier alpha value is -2.73. The van der Waals surface area contributed by atoms with Gasteiger partial charge in [0.25, 0.3) is 0 Å². The maximum atomic E-state index is 13.0. The zero-order chi connectivity index (χ0) is 19.8. The molecule has 0 fully saturated rings. The number of aromatic nitrogens is 2. The first-order chi connectivity index (χ1) is 12.7. The summed E-state index contributed by atoms with van der Waals surface area (Å²) in [7, 11) is 1.58. The van der Waals surface area contributed by atoms with E-state index in [0.717, 1.165) is 10.1 Å². The van der Waals surface area contributed by atoms with Crippen molar-refractivity contribution in [2.75, 3.05) is 7.11 Å². The van der Waals surface area contributed by atoms with Crippen LogP contribution in [0.2, 0.25) is 5.02 Å². The molecule has 0 radical (unpaired) electrons. The second-order valence-electron chi connectivity index (χ2n) is 7.17. The molecule has 3 aromatic rings. The number of carbonyl (C=O) groups excluding carboxylic acids is 1. The van der Waals surface area contributed by atoms with E-state index in [1.54, 1.807) is 46.1 Å². The molecule has 0 bridgehead atoms. The molecular weight excluding hydrogens is 368 g/mol. The highest BCUT2D eigenvalue weighted by Crippen LogP contribution is 2.22. The van der Waals surface area contributed by atoms with Gasteiger partial charge in [-0.3, -0.25) is 4.57 Å². The topological polar surface area (TPSA) is 62.5 Å². The molecule has 0 unspecified atom stereocenters. The highest BCUT2D eigenvalue weighted by atomic mass is 35.5. The van der Waals surface area contributed by atoms with E-state index in [9.17, 15) is 9.59 Å². The molecule has 2 aromatic carbocycles. The molecule has 0 aliphatic rings. The summed E-state index contributed by atoms with van der Waals surface area (Å²) in [5.74, 6) is 0.694. The monoisotopic (exact) mass is 388 g/mol. The third kappa shape index (κ3) is 4.01. The van der Waals surface area contributed by atoms with Crippen LogP contribution in [0.1, 0.15) is 26.3 Å². The Kier molecular flexibility index (Phi) is 5.02. The predicted octanol–water partition coefficient (Wildman–Crippen LogP) is 4.30. The Morgan fingerprint density at radius 3 is 2.52 bits per heavy atom. The van der Waals surface area contributed by atoms with E-state index in [-0.39, 0.29) is 6.54 Å². The minimum absolute atomic E-state index is 0.282. The predicted molar refractivity (Wildman–Crippen MR) is 105 cm³/mol. The van der Waals surface area contributed by atoms with Crippen LogP contribution in [-0.2, 0) is 11.3 Å². The van der Waals surface area contributed by atoms with Gasteiger partial charge in [-0.05, 0) is 56.7 Å². The SMILES string of the molecule is COc1cccc(Cn2c(=O)n(C(=O)OC(C)(C)C)c3cc(Cl)ccc32)c1. The van der Waals surface area contributed by atoms with Gasteiger partial charge < -0.3 is 9.47 Å². The van der Waals surface area contributed by atoms with Crippen LogP contribution in [0.3, 0.4) is 0 Å². The lowest BCUT2D eigenvalue weighted by atomic mass is 10.2. The van der Waals surface area contributed by atoms with E-state index in [2.05, 4.69) is 0 Å². The number of carbonyl (C=O) groups is 1. The molecule has 0 aliphatic heterocycles. The molecule has 0 saturated heterocycles. The molecule has 1 heterocycles. The van der Waals surface area contributed by atoms with Gasteiger partial charge in [-0.15, -0.1) is 0 Å². The van der Waals surface area contributed by atoms with E-state index < -0.39 is 17.4 Å². The number of rotatable bonds is 3. The normalized spacial score (nSPS) is 11.6. The van der Waals surface area contributed by atoms with Crippen LogP contribution in [0, 0.1) is 0 Å². The van der Waals surface area contributed by atoms with Gasteiger partial charge in [0.05, 0.1) is 24.7 Å². The highest BCUT2D eigenvalue weighted by molar-refractivity contribution is 6.31. The summed E-state index contributed by atoms with van der Waals surface area (Å²) >= 11 is 6.10. The number of imidazole rings is 1. The molecule has 0 N–H and O–H groups in total. The Balaban J connectivity index is 2.14. The van der Waals surface area contributed by atoms with Crippen LogP contribution >= 0.6 is 11.6 Å². The summed E-state index contributed by atoms with van der Waals surface area (Å²) in [5.41, 5.74) is 0.665. The van der Waals surface area contributed by atoms with Gasteiger partial charge in [-0.1, -0.05) is 23.7 Å². The molecule has 3 rings (SSSR count). The fourth-order valence-electron chi connectivity index (χ4n) is 2.82. The van der Waals surface area contributed by atoms with Crippen LogP contribution in [0.5, 0.6) is 5.75 Å². The standard InChI is InChI=1S/C20H21ClN2O4/c1-20(2,3)27-19(25)23-17-11-14(21)8-9-16(17)22(18(23)24)12-13-6-5-7-15(10-13)26-4/h5-11H,12H2,1-4H3. The van der Waals surface area contributed by atoms with Crippen LogP contribution in [0.15, 0.2) is 47.3 Å². The molecule has 142 valence electrons. The van der Waals surface area contributed by atoms with Gasteiger partial charge in [0.2, 0.25) is 0 Å². The van der Waals surface area contributed by atoms with E-state index in [4.69, 9.17) is 21.1 Å². The van der Waals surface area contributed by atoms with Gasteiger partial charge in [0.15, 0.2) is 0 Å². The Bertz CT molecular complexity index is 1060. The van der Waals surface area contributed by atoms with Crippen LogP contribution < -0.4 is 10.4 Å². The lowest BCUT2D eigenvalue weighted by molar-refractivity contribution is 0.0537. The Morgan fingerprint density at radius 1 is 1.11 bits per heavy atom. The number of methoxy groups -OCH3 is 1. The molecule has 0 spiro atoms. The van der Waals surface area contributed by atoms with Crippen molar-refractivity contribution in [1.82, 2.24) is 9.13 Å². The number of ether oxygens (including phenoxy) is 2. The summed E-state index contributed by atoms with van der Waals surface area (Å²) in [5, 5.41) is 0.429. The van der Waals surface area contributed by atoms with E-state index in [0.29, 0.717) is 21.8 Å². The first-order valence-electron chi connectivity index (χ1n) is 8.47. The molecule has 0 atom stereocenters. The fourth-order valence-corrected chi connectivity index (χ4v) is 2.99. The molecule has 0 aliphatic carbocycles. The molecule has 0 amide bonds. The largest absolute Gasteiger partial charge is 0.497 e. The quantitative estimate of drug-likeness (QED) is 0.671. The lowest BCUT2D eigenvalue weighted by Gasteiger charge is -2.19. The summed E-state index contributed by atoms with van der Waals surface area (Å²) in [6, 6.07) is 12.4. The van der Waals surface area contributed by atoms with Crippen molar-refractivity contribution in [1.29, 1.82) is 0 Å². The Labute approximate surface area is 161 Å². The second kappa shape index (κ2) is 7.12. The van der Waals surface area contributed by atoms with Gasteiger partial charge in [0.1, 0.15) is 11.4 Å².